The molecule has 0 aliphatic carbocycles. The van der Waals surface area contributed by atoms with Crippen LogP contribution in [0.25, 0.3) is 0 Å². The molecule has 0 saturated heterocycles. The number of nitrogens with zero attached hydrogens (tertiary/aromatic N) is 1. The van der Waals surface area contributed by atoms with Crippen molar-refractivity contribution in [3.8, 4) is 0 Å². The van der Waals surface area contributed by atoms with E-state index in [9.17, 15) is 4.79 Å². The molecule has 4 heteroatoms. The van der Waals surface area contributed by atoms with Crippen molar-refractivity contribution in [3.63, 3.8) is 0 Å². The van der Waals surface area contributed by atoms with E-state index in [2.05, 4.69) is 10.3 Å². The number of Topliss-reactive ketones (excluding diaryl/α,β-unsaturated/α-hetero) is 1. The molecule has 3 nitrogen and oxygen atoms in total. The number of carbonyl (C=O) groups excluding carboxylic acids is 1. The molecule has 2 aromatic rings. The number of nitrogens with one attached hydrogen (secondary N) is 1. The quantitative estimate of drug-likeness (QED) is 0.805. The zero-order valence-corrected chi connectivity index (χ0v) is 9.04. The van der Waals surface area contributed by atoms with Crippen LogP contribution in [-0.2, 0) is 0 Å². The second-order valence-corrected chi connectivity index (χ2v) is 3.99. The van der Waals surface area contributed by atoms with Crippen LogP contribution in [0.4, 0.5) is 10.8 Å². The minimum atomic E-state index is 0.0674. The predicted molar refractivity (Wildman–Crippen MR) is 61.8 cm³/mol. The monoisotopic (exact) mass is 218 g/mol. The van der Waals surface area contributed by atoms with Crippen molar-refractivity contribution in [3.05, 3.63) is 41.4 Å². The van der Waals surface area contributed by atoms with Crippen molar-refractivity contribution in [2.45, 2.75) is 6.92 Å². The molecular weight excluding hydrogens is 208 g/mol. The molecule has 1 N–H and O–H groups in total. The molecule has 0 amide bonds. The van der Waals surface area contributed by atoms with Gasteiger partial charge >= 0.3 is 0 Å². The number of hydrogen-bond acceptors (Lipinski definition) is 4. The summed E-state index contributed by atoms with van der Waals surface area (Å²) in [7, 11) is 0. The van der Waals surface area contributed by atoms with Gasteiger partial charge in [0, 0.05) is 22.8 Å². The van der Waals surface area contributed by atoms with E-state index < -0.39 is 0 Å². The lowest BCUT2D eigenvalue weighted by Gasteiger charge is -2.03. The van der Waals surface area contributed by atoms with Gasteiger partial charge in [-0.1, -0.05) is 12.1 Å². The lowest BCUT2D eigenvalue weighted by atomic mass is 10.1. The average molecular weight is 218 g/mol. The van der Waals surface area contributed by atoms with Gasteiger partial charge in [0.2, 0.25) is 0 Å². The van der Waals surface area contributed by atoms with Gasteiger partial charge in [-0.25, -0.2) is 4.98 Å². The number of rotatable bonds is 3. The highest BCUT2D eigenvalue weighted by atomic mass is 32.1. The Bertz CT molecular complexity index is 465. The van der Waals surface area contributed by atoms with Crippen molar-refractivity contribution in [2.75, 3.05) is 5.32 Å². The van der Waals surface area contributed by atoms with E-state index in [-0.39, 0.29) is 5.78 Å². The molecule has 0 spiro atoms. The van der Waals surface area contributed by atoms with Gasteiger partial charge in [0.25, 0.3) is 0 Å². The van der Waals surface area contributed by atoms with E-state index in [1.54, 1.807) is 19.2 Å². The van der Waals surface area contributed by atoms with Crippen molar-refractivity contribution in [1.82, 2.24) is 4.98 Å². The third kappa shape index (κ3) is 2.41. The first-order chi connectivity index (χ1) is 7.25. The molecule has 0 saturated carbocycles. The Morgan fingerprint density at radius 3 is 3.00 bits per heavy atom. The van der Waals surface area contributed by atoms with Crippen LogP contribution in [0.1, 0.15) is 17.3 Å². The summed E-state index contributed by atoms with van der Waals surface area (Å²) in [6.07, 6.45) is 1.74. The maximum atomic E-state index is 11.2. The number of benzene rings is 1. The number of anilines is 2. The molecular formula is C11H10N2OS. The van der Waals surface area contributed by atoms with Gasteiger partial charge in [-0.05, 0) is 19.1 Å². The lowest BCUT2D eigenvalue weighted by Crippen LogP contribution is -1.94. The molecule has 1 aromatic carbocycles. The van der Waals surface area contributed by atoms with Gasteiger partial charge in [0.15, 0.2) is 10.9 Å². The Morgan fingerprint density at radius 1 is 1.47 bits per heavy atom. The Morgan fingerprint density at radius 2 is 2.33 bits per heavy atom. The van der Waals surface area contributed by atoms with E-state index in [1.807, 2.05) is 23.6 Å². The lowest BCUT2D eigenvalue weighted by molar-refractivity contribution is 0.101. The maximum absolute atomic E-state index is 11.2. The molecule has 0 fully saturated rings. The third-order valence-corrected chi connectivity index (χ3v) is 2.64. The average Bonchev–Trinajstić information content (AvgIpc) is 2.71. The SMILES string of the molecule is CC(=O)c1cccc(Nc2nccs2)c1. The summed E-state index contributed by atoms with van der Waals surface area (Å²) < 4.78 is 0. The van der Waals surface area contributed by atoms with Crippen LogP contribution < -0.4 is 5.32 Å². The van der Waals surface area contributed by atoms with Gasteiger partial charge in [-0.15, -0.1) is 11.3 Å². The number of carbonyl (C=O) groups is 1. The molecule has 0 bridgehead atoms. The Kier molecular flexibility index (Phi) is 2.78. The molecule has 0 unspecified atom stereocenters. The number of aromatic nitrogens is 1. The van der Waals surface area contributed by atoms with Crippen molar-refractivity contribution in [1.29, 1.82) is 0 Å². The predicted octanol–water partition coefficient (Wildman–Crippen LogP) is 3.09. The first-order valence-electron chi connectivity index (χ1n) is 4.53. The van der Waals surface area contributed by atoms with E-state index in [0.29, 0.717) is 5.56 Å². The molecule has 0 radical (unpaired) electrons. The van der Waals surface area contributed by atoms with Crippen LogP contribution in [0.3, 0.4) is 0 Å². The highest BCUT2D eigenvalue weighted by Gasteiger charge is 2.01. The Balaban J connectivity index is 2.22. The topological polar surface area (TPSA) is 42.0 Å². The molecule has 76 valence electrons. The molecule has 15 heavy (non-hydrogen) atoms. The van der Waals surface area contributed by atoms with Crippen LogP contribution in [-0.4, -0.2) is 10.8 Å². The minimum Gasteiger partial charge on any atom is -0.332 e. The molecule has 0 aliphatic heterocycles. The standard InChI is InChI=1S/C11H10N2OS/c1-8(14)9-3-2-4-10(7-9)13-11-12-5-6-15-11/h2-7H,1H3,(H,12,13). The first kappa shape index (κ1) is 9.86. The van der Waals surface area contributed by atoms with Crippen LogP contribution in [0.2, 0.25) is 0 Å². The normalized spacial score (nSPS) is 9.93. The molecule has 1 heterocycles. The van der Waals surface area contributed by atoms with Crippen molar-refractivity contribution in [2.24, 2.45) is 0 Å². The minimum absolute atomic E-state index is 0.0674. The van der Waals surface area contributed by atoms with Crippen molar-refractivity contribution < 1.29 is 4.79 Å². The highest BCUT2D eigenvalue weighted by molar-refractivity contribution is 7.13. The summed E-state index contributed by atoms with van der Waals surface area (Å²) in [4.78, 5) is 15.3. The zero-order valence-electron chi connectivity index (χ0n) is 8.23. The van der Waals surface area contributed by atoms with Crippen LogP contribution in [0.15, 0.2) is 35.8 Å². The summed E-state index contributed by atoms with van der Waals surface area (Å²) in [6.45, 7) is 1.56. The maximum Gasteiger partial charge on any atom is 0.187 e. The van der Waals surface area contributed by atoms with Gasteiger partial charge in [0.05, 0.1) is 0 Å². The fourth-order valence-electron chi connectivity index (χ4n) is 1.22. The van der Waals surface area contributed by atoms with E-state index in [4.69, 9.17) is 0 Å². The van der Waals surface area contributed by atoms with Gasteiger partial charge in [-0.3, -0.25) is 4.79 Å². The third-order valence-electron chi connectivity index (χ3n) is 1.95. The summed E-state index contributed by atoms with van der Waals surface area (Å²) in [5.41, 5.74) is 1.59. The smallest absolute Gasteiger partial charge is 0.187 e. The molecule has 2 rings (SSSR count). The van der Waals surface area contributed by atoms with Crippen LogP contribution in [0.5, 0.6) is 0 Å². The van der Waals surface area contributed by atoms with Gasteiger partial charge in [0.1, 0.15) is 0 Å². The fourth-order valence-corrected chi connectivity index (χ4v) is 1.77. The van der Waals surface area contributed by atoms with E-state index >= 15 is 0 Å². The number of ketones is 1. The molecule has 0 atom stereocenters. The summed E-state index contributed by atoms with van der Waals surface area (Å²) in [5, 5.41) is 5.86. The molecule has 1 aromatic heterocycles. The Hall–Kier alpha value is -1.68. The van der Waals surface area contributed by atoms with E-state index in [0.717, 1.165) is 10.8 Å². The summed E-state index contributed by atoms with van der Waals surface area (Å²) in [5.74, 6) is 0.0674. The molecule has 0 aliphatic rings. The second-order valence-electron chi connectivity index (χ2n) is 3.10. The van der Waals surface area contributed by atoms with Gasteiger partial charge in [-0.2, -0.15) is 0 Å². The highest BCUT2D eigenvalue weighted by Crippen LogP contribution is 2.19. The number of thiazole rings is 1. The fraction of sp³-hybridized carbons (Fsp3) is 0.0909. The zero-order chi connectivity index (χ0) is 10.7. The first-order valence-corrected chi connectivity index (χ1v) is 5.41. The van der Waals surface area contributed by atoms with Crippen molar-refractivity contribution >= 4 is 27.9 Å². The van der Waals surface area contributed by atoms with E-state index in [1.165, 1.54) is 11.3 Å². The number of hydrogen-bond donors (Lipinski definition) is 1. The summed E-state index contributed by atoms with van der Waals surface area (Å²) in [6, 6.07) is 7.39. The van der Waals surface area contributed by atoms with Crippen LogP contribution in [0, 0.1) is 0 Å². The largest absolute Gasteiger partial charge is 0.332 e. The second kappa shape index (κ2) is 4.23. The Labute approximate surface area is 91.8 Å². The van der Waals surface area contributed by atoms with Crippen LogP contribution >= 0.6 is 11.3 Å². The summed E-state index contributed by atoms with van der Waals surface area (Å²) >= 11 is 1.52. The van der Waals surface area contributed by atoms with Gasteiger partial charge < -0.3 is 5.32 Å².